The predicted octanol–water partition coefficient (Wildman–Crippen LogP) is 14.0. The number of nitrogens with one attached hydrogen (secondary N) is 6. The van der Waals surface area contributed by atoms with Crippen LogP contribution in [0.15, 0.2) is 188 Å². The van der Waals surface area contributed by atoms with E-state index in [9.17, 15) is 56.3 Å². The number of carbonyl (C=O) groups excluding carboxylic acids is 9. The molecule has 0 heterocycles. The van der Waals surface area contributed by atoms with Crippen molar-refractivity contribution in [1.82, 2.24) is 5.32 Å². The van der Waals surface area contributed by atoms with E-state index in [4.69, 9.17) is 16.2 Å². The minimum atomic E-state index is -4.73. The molecule has 0 atom stereocenters. The summed E-state index contributed by atoms with van der Waals surface area (Å²) in [6.07, 6.45) is 0.988. The number of carbonyl (C=O) groups is 9. The molecule has 7 aromatic rings. The number of ether oxygens (including phenoxy) is 1. The number of benzene rings is 7. The van der Waals surface area contributed by atoms with E-state index in [0.29, 0.717) is 91.1 Å². The van der Waals surface area contributed by atoms with E-state index < -0.39 is 24.5 Å². The van der Waals surface area contributed by atoms with Gasteiger partial charge in [-0.2, -0.15) is 13.2 Å². The maximum atomic E-state index is 12.3. The van der Waals surface area contributed by atoms with Crippen LogP contribution in [0, 0.1) is 0 Å². The maximum absolute atomic E-state index is 12.3. The fourth-order valence-corrected chi connectivity index (χ4v) is 8.06. The first-order valence-electron chi connectivity index (χ1n) is 29.3. The molecule has 0 aromatic heterocycles. The number of halogens is 3. The Morgan fingerprint density at radius 1 is 0.422 bits per heavy atom. The first-order valence-corrected chi connectivity index (χ1v) is 29.3. The number of Topliss-reactive ketones (excluding diaryl/α,β-unsaturated/α-hetero) is 3. The van der Waals surface area contributed by atoms with E-state index in [1.165, 1.54) is 6.92 Å². The molecule has 0 radical (unpaired) electrons. The molecular weight excluding hydrogens is 1160 g/mol. The Hall–Kier alpha value is -10.4. The van der Waals surface area contributed by atoms with E-state index >= 15 is 0 Å². The number of para-hydroxylation sites is 6. The number of alkyl halides is 3. The van der Waals surface area contributed by atoms with Crippen LogP contribution in [0.3, 0.4) is 0 Å². The first-order chi connectivity index (χ1) is 43.2. The number of amides is 6. The highest BCUT2D eigenvalue weighted by atomic mass is 19.4. The van der Waals surface area contributed by atoms with Gasteiger partial charge in [0.05, 0.1) is 22.7 Å². The lowest BCUT2D eigenvalue weighted by molar-refractivity contribution is -0.171. The zero-order valence-electron chi connectivity index (χ0n) is 50.4. The molecule has 21 heteroatoms. The van der Waals surface area contributed by atoms with Crippen molar-refractivity contribution in [1.29, 1.82) is 0 Å². The summed E-state index contributed by atoms with van der Waals surface area (Å²) >= 11 is 0. The van der Waals surface area contributed by atoms with Crippen molar-refractivity contribution in [3.05, 3.63) is 210 Å². The van der Waals surface area contributed by atoms with Gasteiger partial charge in [0.1, 0.15) is 6.61 Å². The van der Waals surface area contributed by atoms with Gasteiger partial charge >= 0.3 is 12.3 Å². The predicted molar refractivity (Wildman–Crippen MR) is 345 cm³/mol. The number of anilines is 7. The molecule has 0 saturated heterocycles. The molecule has 18 nitrogen and oxygen atoms in total. The second-order valence-corrected chi connectivity index (χ2v) is 20.2. The van der Waals surface area contributed by atoms with Gasteiger partial charge in [-0.3, -0.25) is 38.4 Å². The quantitative estimate of drug-likeness (QED) is 0.0136. The molecule has 0 aliphatic heterocycles. The van der Waals surface area contributed by atoms with Crippen LogP contribution in [0.25, 0.3) is 0 Å². The molecular formula is C69H77F3N8O10. The molecule has 0 aliphatic carbocycles. The van der Waals surface area contributed by atoms with Crippen LogP contribution in [0.2, 0.25) is 0 Å². The van der Waals surface area contributed by atoms with Crippen molar-refractivity contribution < 1.29 is 61.1 Å². The molecule has 7 rings (SSSR count). The highest BCUT2D eigenvalue weighted by molar-refractivity contribution is 6.37. The van der Waals surface area contributed by atoms with Crippen LogP contribution in [-0.2, 0) is 46.7 Å². The third-order valence-corrected chi connectivity index (χ3v) is 12.9. The normalized spacial score (nSPS) is 10.3. The number of nitrogen functional groups attached to an aromatic ring is 2. The number of hydrogen-bond acceptors (Lipinski definition) is 12. The van der Waals surface area contributed by atoms with Crippen LogP contribution in [0.5, 0.6) is 0 Å². The number of hydrogen-bond donors (Lipinski definition) is 8. The molecule has 474 valence electrons. The fourth-order valence-electron chi connectivity index (χ4n) is 8.06. The van der Waals surface area contributed by atoms with Gasteiger partial charge in [0, 0.05) is 73.8 Å². The number of nitrogens with two attached hydrogens (primary N) is 2. The monoisotopic (exact) mass is 1230 g/mol. The van der Waals surface area contributed by atoms with Gasteiger partial charge in [0.2, 0.25) is 23.5 Å². The smallest absolute Gasteiger partial charge is 0.445 e. The molecule has 10 N–H and O–H groups in total. The van der Waals surface area contributed by atoms with Crippen molar-refractivity contribution in [2.24, 2.45) is 0 Å². The van der Waals surface area contributed by atoms with E-state index in [0.717, 1.165) is 48.2 Å². The lowest BCUT2D eigenvalue weighted by Crippen LogP contribution is -2.23. The summed E-state index contributed by atoms with van der Waals surface area (Å²) in [5, 5.41) is 16.4. The summed E-state index contributed by atoms with van der Waals surface area (Å²) in [6.45, 7) is 3.65. The van der Waals surface area contributed by atoms with E-state index in [2.05, 4.69) is 31.9 Å². The Morgan fingerprint density at radius 2 is 0.822 bits per heavy atom. The summed E-state index contributed by atoms with van der Waals surface area (Å²) in [6, 6.07) is 55.6. The van der Waals surface area contributed by atoms with Gasteiger partial charge in [-0.05, 0) is 122 Å². The van der Waals surface area contributed by atoms with Crippen LogP contribution < -0.4 is 43.4 Å². The molecule has 0 fully saturated rings. The molecule has 90 heavy (non-hydrogen) atoms. The Bertz CT molecular complexity index is 3390. The molecule has 0 spiro atoms. The second kappa shape index (κ2) is 40.1. The molecule has 0 aliphatic rings. The standard InChI is InChI=1S/C22H21N3O3.C17H23NO3.C15H18F3NO2.C15H15N3O2/c23-19-8-4-5-9-20(19)25-21(26)18-12-10-16(11-13-18)14-24-22(27)28-15-17-6-2-1-3-7-17;1-2-15(19)16(20)12-8-3-4-9-13-17(21)18-14-10-6-5-7-11-14;16-15(17,18)13(20)10-6-1-2-7-11-14(21)19-12-8-4-3-5-9-12;1-10(19)17-12-8-6-11(7-9-12)15(20)18-14-5-3-2-4-13(14)16/h1-13H,14-15,23H2,(H,24,27)(H,25,26);5-7,10-11H,2-4,8-9,12-13H2,1H3,(H,18,21);3-5,8-9H,1-2,6-7,10-11H2,(H,19,21);2-9H,16H2,1H3,(H,17,19)(H,18,20). The van der Waals surface area contributed by atoms with Gasteiger partial charge in [0.15, 0.2) is 11.6 Å². The molecule has 7 aromatic carbocycles. The van der Waals surface area contributed by atoms with Gasteiger partial charge in [0.25, 0.3) is 11.8 Å². The number of ketones is 3. The highest BCUT2D eigenvalue weighted by Crippen LogP contribution is 2.22. The van der Waals surface area contributed by atoms with E-state index in [-0.39, 0.29) is 54.1 Å². The van der Waals surface area contributed by atoms with Crippen LogP contribution in [0.4, 0.5) is 57.8 Å². The average Bonchev–Trinajstić information content (AvgIpc) is 3.03. The number of unbranched alkanes of at least 4 members (excludes halogenated alkanes) is 6. The highest BCUT2D eigenvalue weighted by Gasteiger charge is 2.37. The average molecular weight is 1240 g/mol. The Kier molecular flexibility index (Phi) is 32.1. The minimum Gasteiger partial charge on any atom is -0.445 e. The first kappa shape index (κ1) is 72.0. The summed E-state index contributed by atoms with van der Waals surface area (Å²) in [5.41, 5.74) is 18.7. The third kappa shape index (κ3) is 29.8. The molecule has 0 unspecified atom stereocenters. The van der Waals surface area contributed by atoms with Crippen molar-refractivity contribution in [2.45, 2.75) is 117 Å². The second-order valence-electron chi connectivity index (χ2n) is 20.2. The Labute approximate surface area is 522 Å². The molecule has 6 amide bonds. The summed E-state index contributed by atoms with van der Waals surface area (Å²) in [5.74, 6) is -2.98. The van der Waals surface area contributed by atoms with Crippen molar-refractivity contribution in [3.8, 4) is 0 Å². The van der Waals surface area contributed by atoms with Gasteiger partial charge in [-0.1, -0.05) is 136 Å². The maximum Gasteiger partial charge on any atom is 0.449 e. The molecule has 0 bridgehead atoms. The van der Waals surface area contributed by atoms with Crippen LogP contribution >= 0.6 is 0 Å². The van der Waals surface area contributed by atoms with Crippen molar-refractivity contribution in [2.75, 3.05) is 38.1 Å². The minimum absolute atomic E-state index is 0.0124. The van der Waals surface area contributed by atoms with E-state index in [1.54, 1.807) is 116 Å². The number of alkyl carbamates (subject to hydrolysis) is 1. The Balaban J connectivity index is 0.000000259. The van der Waals surface area contributed by atoms with E-state index in [1.807, 2.05) is 78.9 Å². The Morgan fingerprint density at radius 3 is 1.26 bits per heavy atom. The van der Waals surface area contributed by atoms with Gasteiger partial charge in [-0.25, -0.2) is 4.79 Å². The SMILES string of the molecule is CC(=O)Nc1ccc(C(=O)Nc2ccccc2N)cc1.CCC(=O)C(=O)CCCCCCC(=O)Nc1ccccc1.Nc1ccccc1NC(=O)c1ccc(CNC(=O)OCc2ccccc2)cc1.O=C(CCCCCCC(=O)C(F)(F)F)Nc1ccccc1. The zero-order valence-corrected chi connectivity index (χ0v) is 50.4. The van der Waals surface area contributed by atoms with Crippen LogP contribution in [0.1, 0.15) is 129 Å². The summed E-state index contributed by atoms with van der Waals surface area (Å²) < 4.78 is 41.0. The van der Waals surface area contributed by atoms with Crippen LogP contribution in [-0.4, -0.2) is 59.2 Å². The fraction of sp³-hybridized carbons (Fsp3) is 0.261. The lowest BCUT2D eigenvalue weighted by atomic mass is 10.1. The molecule has 0 saturated carbocycles. The summed E-state index contributed by atoms with van der Waals surface area (Å²) in [7, 11) is 0. The number of rotatable bonds is 27. The largest absolute Gasteiger partial charge is 0.449 e. The third-order valence-electron chi connectivity index (χ3n) is 12.9. The van der Waals surface area contributed by atoms with Crippen molar-refractivity contribution >= 4 is 92.8 Å². The zero-order chi connectivity index (χ0) is 65.5. The topological polar surface area (TPSA) is 287 Å². The lowest BCUT2D eigenvalue weighted by Gasteiger charge is -2.09. The van der Waals surface area contributed by atoms with Gasteiger partial charge in [-0.15, -0.1) is 0 Å². The summed E-state index contributed by atoms with van der Waals surface area (Å²) in [4.78, 5) is 103. The van der Waals surface area contributed by atoms with Crippen molar-refractivity contribution in [3.63, 3.8) is 0 Å². The van der Waals surface area contributed by atoms with Gasteiger partial charge < -0.3 is 48.1 Å².